The van der Waals surface area contributed by atoms with E-state index in [9.17, 15) is 13.2 Å². The zero-order chi connectivity index (χ0) is 9.07. The summed E-state index contributed by atoms with van der Waals surface area (Å²) in [4.78, 5) is 9.99. The van der Waals surface area contributed by atoms with E-state index in [0.717, 1.165) is 0 Å². The second kappa shape index (κ2) is 3.77. The third-order valence-electron chi connectivity index (χ3n) is 1.07. The molecule has 0 aromatic rings. The van der Waals surface area contributed by atoms with E-state index in [1.165, 1.54) is 6.92 Å². The van der Waals surface area contributed by atoms with E-state index in [-0.39, 0.29) is 0 Å². The molecule has 2 atom stereocenters. The van der Waals surface area contributed by atoms with Crippen LogP contribution in [0.5, 0.6) is 0 Å². The highest BCUT2D eigenvalue weighted by atomic mass is 32.2. The number of nitrogens with two attached hydrogens (primary N) is 1. The van der Waals surface area contributed by atoms with Crippen LogP contribution in [0.15, 0.2) is 0 Å². The molecule has 0 rings (SSSR count). The van der Waals surface area contributed by atoms with E-state index in [0.29, 0.717) is 6.29 Å². The summed E-state index contributed by atoms with van der Waals surface area (Å²) in [5.41, 5.74) is 5.12. The molecule has 0 bridgehead atoms. The second-order valence-electron chi connectivity index (χ2n) is 2.10. The maximum atomic E-state index is 10.1. The number of rotatable bonds is 4. The Bertz CT molecular complexity index is 224. The van der Waals surface area contributed by atoms with E-state index in [2.05, 4.69) is 0 Å². The summed E-state index contributed by atoms with van der Waals surface area (Å²) in [5, 5.41) is 0. The van der Waals surface area contributed by atoms with E-state index >= 15 is 0 Å². The first-order chi connectivity index (χ1) is 4.87. The van der Waals surface area contributed by atoms with Crippen molar-refractivity contribution in [1.29, 1.82) is 0 Å². The van der Waals surface area contributed by atoms with Gasteiger partial charge in [-0.3, -0.25) is 4.55 Å². The van der Waals surface area contributed by atoms with Crippen LogP contribution in [0.2, 0.25) is 0 Å². The molecule has 4 N–H and O–H groups in total. The van der Waals surface area contributed by atoms with Gasteiger partial charge in [0, 0.05) is 6.04 Å². The van der Waals surface area contributed by atoms with Gasteiger partial charge in [-0.15, -0.1) is 0 Å². The average Bonchev–Trinajstić information content (AvgIpc) is 1.82. The molecule has 0 radical (unpaired) electrons. The molecule has 66 valence electrons. The molecule has 0 aromatic heterocycles. The fourth-order valence-electron chi connectivity index (χ4n) is 0.431. The third-order valence-corrected chi connectivity index (χ3v) is 1.74. The lowest BCUT2D eigenvalue weighted by Crippen LogP contribution is -2.46. The summed E-state index contributed by atoms with van der Waals surface area (Å²) in [7, 11) is -4.27. The van der Waals surface area contributed by atoms with Crippen molar-refractivity contribution >= 4 is 16.6 Å². The smallest absolute Gasteiger partial charge is 0.320 e. The van der Waals surface area contributed by atoms with Gasteiger partial charge in [-0.2, -0.15) is 13.1 Å². The van der Waals surface area contributed by atoms with Gasteiger partial charge >= 0.3 is 10.3 Å². The van der Waals surface area contributed by atoms with Gasteiger partial charge < -0.3 is 10.5 Å². The van der Waals surface area contributed by atoms with Gasteiger partial charge in [0.25, 0.3) is 0 Å². The van der Waals surface area contributed by atoms with Crippen LogP contribution in [0.3, 0.4) is 0 Å². The maximum absolute atomic E-state index is 10.1. The van der Waals surface area contributed by atoms with Crippen LogP contribution in [-0.2, 0) is 15.1 Å². The summed E-state index contributed by atoms with van der Waals surface area (Å²) >= 11 is 0. The first-order valence-corrected chi connectivity index (χ1v) is 4.26. The van der Waals surface area contributed by atoms with Crippen LogP contribution in [0.25, 0.3) is 0 Å². The monoisotopic (exact) mass is 182 g/mol. The molecule has 0 aliphatic heterocycles. The zero-order valence-corrected chi connectivity index (χ0v) is 6.71. The van der Waals surface area contributed by atoms with Gasteiger partial charge in [0.15, 0.2) is 0 Å². The van der Waals surface area contributed by atoms with Crippen molar-refractivity contribution in [3.63, 3.8) is 0 Å². The van der Waals surface area contributed by atoms with Gasteiger partial charge in [-0.1, -0.05) is 0 Å². The third kappa shape index (κ3) is 4.85. The molecular weight excluding hydrogens is 172 g/mol. The predicted octanol–water partition coefficient (Wildman–Crippen LogP) is -1.71. The Labute approximate surface area is 64.6 Å². The van der Waals surface area contributed by atoms with Crippen molar-refractivity contribution in [2.45, 2.75) is 19.0 Å². The van der Waals surface area contributed by atoms with E-state index in [4.69, 9.17) is 10.3 Å². The lowest BCUT2D eigenvalue weighted by atomic mass is 10.2. The summed E-state index contributed by atoms with van der Waals surface area (Å²) < 4.78 is 30.2. The molecule has 0 amide bonds. The summed E-state index contributed by atoms with van der Waals surface area (Å²) in [6.45, 7) is 1.37. The first-order valence-electron chi connectivity index (χ1n) is 2.82. The number of hydrogen-bond acceptors (Lipinski definition) is 4. The van der Waals surface area contributed by atoms with Gasteiger partial charge in [0.1, 0.15) is 6.29 Å². The Morgan fingerprint density at radius 1 is 1.64 bits per heavy atom. The Kier molecular flexibility index (Phi) is 3.59. The lowest BCUT2D eigenvalue weighted by Gasteiger charge is -2.12. The molecule has 11 heavy (non-hydrogen) atoms. The zero-order valence-electron chi connectivity index (χ0n) is 5.89. The summed E-state index contributed by atoms with van der Waals surface area (Å²) in [6, 6.07) is -1.75. The number of aldehydes is 1. The standard InChI is InChI=1S/C4H10N2O4S/c1-3(4(5)2-7)6-11(8,9)10/h2-4,6H,5H2,1H3,(H,8,9,10)/t3-,4+/m0/s1. The molecule has 0 aliphatic carbocycles. The molecule has 0 heterocycles. The maximum Gasteiger partial charge on any atom is 0.333 e. The Hall–Kier alpha value is -0.500. The van der Waals surface area contributed by atoms with Crippen molar-refractivity contribution < 1.29 is 17.8 Å². The highest BCUT2D eigenvalue weighted by molar-refractivity contribution is 7.83. The minimum atomic E-state index is -4.27. The quantitative estimate of drug-likeness (QED) is 0.354. The van der Waals surface area contributed by atoms with Crippen molar-refractivity contribution in [3.05, 3.63) is 0 Å². The normalized spacial score (nSPS) is 17.4. The predicted molar refractivity (Wildman–Crippen MR) is 38.2 cm³/mol. The molecule has 0 saturated carbocycles. The number of carbonyl (C=O) groups excluding carboxylic acids is 1. The molecule has 0 saturated heterocycles. The van der Waals surface area contributed by atoms with E-state index in [1.54, 1.807) is 4.72 Å². The lowest BCUT2D eigenvalue weighted by molar-refractivity contribution is -0.109. The van der Waals surface area contributed by atoms with Crippen LogP contribution in [0, 0.1) is 0 Å². The first kappa shape index (κ1) is 10.5. The molecular formula is C4H10N2O4S. The van der Waals surface area contributed by atoms with Gasteiger partial charge in [-0.25, -0.2) is 0 Å². The number of carbonyl (C=O) groups is 1. The molecule has 0 aromatic carbocycles. The minimum absolute atomic E-state index is 0.392. The van der Waals surface area contributed by atoms with Crippen molar-refractivity contribution in [3.8, 4) is 0 Å². The summed E-state index contributed by atoms with van der Waals surface area (Å²) in [5.74, 6) is 0. The topological polar surface area (TPSA) is 109 Å². The molecule has 0 aliphatic rings. The Balaban J connectivity index is 4.08. The second-order valence-corrected chi connectivity index (χ2v) is 3.28. The Morgan fingerprint density at radius 2 is 2.09 bits per heavy atom. The highest BCUT2D eigenvalue weighted by Gasteiger charge is 2.16. The molecule has 0 spiro atoms. The van der Waals surface area contributed by atoms with E-state index in [1.807, 2.05) is 0 Å². The molecule has 0 fully saturated rings. The van der Waals surface area contributed by atoms with Crippen LogP contribution in [0.4, 0.5) is 0 Å². The average molecular weight is 182 g/mol. The van der Waals surface area contributed by atoms with E-state index < -0.39 is 22.4 Å². The SMILES string of the molecule is C[C@H](NS(=O)(=O)O)[C@H](N)C=O. The molecule has 0 unspecified atom stereocenters. The Morgan fingerprint density at radius 3 is 2.36 bits per heavy atom. The van der Waals surface area contributed by atoms with Crippen molar-refractivity contribution in [2.24, 2.45) is 5.73 Å². The van der Waals surface area contributed by atoms with Crippen LogP contribution >= 0.6 is 0 Å². The van der Waals surface area contributed by atoms with Gasteiger partial charge in [0.2, 0.25) is 0 Å². The van der Waals surface area contributed by atoms with Crippen molar-refractivity contribution in [2.75, 3.05) is 0 Å². The largest absolute Gasteiger partial charge is 0.333 e. The molecule has 7 heteroatoms. The highest BCUT2D eigenvalue weighted by Crippen LogP contribution is 1.87. The summed E-state index contributed by atoms with van der Waals surface area (Å²) in [6.07, 6.45) is 0.392. The van der Waals surface area contributed by atoms with Crippen LogP contribution in [0.1, 0.15) is 6.92 Å². The van der Waals surface area contributed by atoms with Crippen LogP contribution < -0.4 is 10.5 Å². The van der Waals surface area contributed by atoms with Crippen molar-refractivity contribution in [1.82, 2.24) is 4.72 Å². The van der Waals surface area contributed by atoms with Gasteiger partial charge in [0.05, 0.1) is 6.04 Å². The molecule has 6 nitrogen and oxygen atoms in total. The number of nitrogens with one attached hydrogen (secondary N) is 1. The van der Waals surface area contributed by atoms with Gasteiger partial charge in [-0.05, 0) is 6.92 Å². The minimum Gasteiger partial charge on any atom is -0.320 e. The fraction of sp³-hybridized carbons (Fsp3) is 0.750. The fourth-order valence-corrected chi connectivity index (χ4v) is 1.06. The van der Waals surface area contributed by atoms with Crippen LogP contribution in [-0.4, -0.2) is 31.3 Å². The number of hydrogen-bond donors (Lipinski definition) is 3.